The minimum Gasteiger partial charge on any atom is -0.493 e. The molecule has 3 heteroatoms. The third-order valence-corrected chi connectivity index (χ3v) is 2.40. The third kappa shape index (κ3) is 4.24. The highest BCUT2D eigenvalue weighted by atomic mass is 16.5. The van der Waals surface area contributed by atoms with Crippen molar-refractivity contribution in [3.05, 3.63) is 36.4 Å². The third-order valence-electron chi connectivity index (χ3n) is 2.40. The maximum Gasteiger partial charge on any atom is 0.335 e. The Kier molecular flexibility index (Phi) is 5.98. The summed E-state index contributed by atoms with van der Waals surface area (Å²) in [6.07, 6.45) is 4.10. The summed E-state index contributed by atoms with van der Waals surface area (Å²) in [7, 11) is 0. The summed E-state index contributed by atoms with van der Waals surface area (Å²) in [4.78, 5) is 11.1. The summed E-state index contributed by atoms with van der Waals surface area (Å²) in [6.45, 7) is 8.21. The number of hydrogen-bond acceptors (Lipinski definition) is 3. The number of benzene rings is 1. The van der Waals surface area contributed by atoms with Gasteiger partial charge in [-0.1, -0.05) is 32.9 Å². The maximum atomic E-state index is 11.1. The van der Waals surface area contributed by atoms with Crippen molar-refractivity contribution in [1.29, 1.82) is 0 Å². The molecule has 1 aromatic rings. The van der Waals surface area contributed by atoms with Gasteiger partial charge < -0.3 is 9.47 Å². The summed E-state index contributed by atoms with van der Waals surface area (Å²) >= 11 is 0. The molecule has 0 N–H and O–H groups in total. The molecule has 18 heavy (non-hydrogen) atoms. The number of carbonyl (C=O) groups excluding carboxylic acids is 1. The normalized spacial score (nSPS) is 9.89. The van der Waals surface area contributed by atoms with Crippen molar-refractivity contribution in [2.75, 3.05) is 6.61 Å². The predicted octanol–water partition coefficient (Wildman–Crippen LogP) is 3.52. The molecule has 98 valence electrons. The molecule has 0 saturated heterocycles. The molecule has 0 unspecified atom stereocenters. The molecular formula is C15H20O3. The van der Waals surface area contributed by atoms with E-state index >= 15 is 0 Å². The van der Waals surface area contributed by atoms with E-state index < -0.39 is 5.97 Å². The standard InChI is InChI=1S/C15H20O3/c1-4-7-12-8-9-13(18-15(16)6-3)11-14(12)17-10-5-2/h6,8-9,11H,3-5,7,10H2,1-2H3. The molecule has 0 amide bonds. The van der Waals surface area contributed by atoms with Gasteiger partial charge in [-0.2, -0.15) is 0 Å². The Morgan fingerprint density at radius 1 is 1.33 bits per heavy atom. The maximum absolute atomic E-state index is 11.1. The van der Waals surface area contributed by atoms with Crippen LogP contribution in [0, 0.1) is 0 Å². The fourth-order valence-electron chi connectivity index (χ4n) is 1.58. The Balaban J connectivity index is 2.88. The van der Waals surface area contributed by atoms with Gasteiger partial charge in [-0.05, 0) is 24.5 Å². The topological polar surface area (TPSA) is 35.5 Å². The number of esters is 1. The fourth-order valence-corrected chi connectivity index (χ4v) is 1.58. The summed E-state index contributed by atoms with van der Waals surface area (Å²) < 4.78 is 10.8. The van der Waals surface area contributed by atoms with Crippen LogP contribution in [0.3, 0.4) is 0 Å². The van der Waals surface area contributed by atoms with Gasteiger partial charge in [0.2, 0.25) is 0 Å². The number of hydrogen-bond donors (Lipinski definition) is 0. The zero-order chi connectivity index (χ0) is 13.4. The van der Waals surface area contributed by atoms with Crippen molar-refractivity contribution in [3.8, 4) is 11.5 Å². The van der Waals surface area contributed by atoms with Crippen LogP contribution in [0.15, 0.2) is 30.9 Å². The molecule has 0 heterocycles. The van der Waals surface area contributed by atoms with Crippen LogP contribution in [-0.2, 0) is 11.2 Å². The van der Waals surface area contributed by atoms with Gasteiger partial charge >= 0.3 is 5.97 Å². The highest BCUT2D eigenvalue weighted by molar-refractivity contribution is 5.83. The van der Waals surface area contributed by atoms with Crippen molar-refractivity contribution >= 4 is 5.97 Å². The first-order valence-electron chi connectivity index (χ1n) is 6.31. The summed E-state index contributed by atoms with van der Waals surface area (Å²) in [6, 6.07) is 5.49. The van der Waals surface area contributed by atoms with Crippen LogP contribution in [0.1, 0.15) is 32.3 Å². The zero-order valence-electron chi connectivity index (χ0n) is 11.1. The van der Waals surface area contributed by atoms with Crippen LogP contribution in [0.4, 0.5) is 0 Å². The first kappa shape index (κ1) is 14.3. The number of aryl methyl sites for hydroxylation is 1. The smallest absolute Gasteiger partial charge is 0.335 e. The molecule has 0 aliphatic rings. The Morgan fingerprint density at radius 3 is 2.72 bits per heavy atom. The molecule has 3 nitrogen and oxygen atoms in total. The van der Waals surface area contributed by atoms with Crippen molar-refractivity contribution in [1.82, 2.24) is 0 Å². The number of ether oxygens (including phenoxy) is 2. The monoisotopic (exact) mass is 248 g/mol. The van der Waals surface area contributed by atoms with Gasteiger partial charge in [-0.3, -0.25) is 0 Å². The molecule has 0 aliphatic carbocycles. The van der Waals surface area contributed by atoms with Crippen molar-refractivity contribution < 1.29 is 14.3 Å². The molecule has 0 saturated carbocycles. The second-order valence-corrected chi connectivity index (χ2v) is 3.99. The Hall–Kier alpha value is -1.77. The van der Waals surface area contributed by atoms with Crippen LogP contribution in [-0.4, -0.2) is 12.6 Å². The lowest BCUT2D eigenvalue weighted by Crippen LogP contribution is -2.04. The Bertz CT molecular complexity index is 410. The summed E-state index contributed by atoms with van der Waals surface area (Å²) in [5.41, 5.74) is 1.14. The molecule has 1 aromatic carbocycles. The minimum atomic E-state index is -0.459. The van der Waals surface area contributed by atoms with E-state index in [2.05, 4.69) is 20.4 Å². The summed E-state index contributed by atoms with van der Waals surface area (Å²) in [5, 5.41) is 0. The molecule has 0 atom stereocenters. The minimum absolute atomic E-state index is 0.459. The second kappa shape index (κ2) is 7.54. The van der Waals surface area contributed by atoms with E-state index in [1.807, 2.05) is 6.07 Å². The fraction of sp³-hybridized carbons (Fsp3) is 0.400. The molecule has 0 aromatic heterocycles. The average molecular weight is 248 g/mol. The molecule has 0 aliphatic heterocycles. The lowest BCUT2D eigenvalue weighted by atomic mass is 10.1. The molecule has 0 bridgehead atoms. The van der Waals surface area contributed by atoms with Crippen molar-refractivity contribution in [2.24, 2.45) is 0 Å². The highest BCUT2D eigenvalue weighted by Gasteiger charge is 2.07. The van der Waals surface area contributed by atoms with E-state index in [9.17, 15) is 4.79 Å². The van der Waals surface area contributed by atoms with Crippen LogP contribution in [0.5, 0.6) is 11.5 Å². The Labute approximate surface area is 108 Å². The van der Waals surface area contributed by atoms with E-state index in [-0.39, 0.29) is 0 Å². The lowest BCUT2D eigenvalue weighted by Gasteiger charge is -2.12. The lowest BCUT2D eigenvalue weighted by molar-refractivity contribution is -0.128. The van der Waals surface area contributed by atoms with Crippen LogP contribution < -0.4 is 9.47 Å². The largest absolute Gasteiger partial charge is 0.493 e. The second-order valence-electron chi connectivity index (χ2n) is 3.99. The van der Waals surface area contributed by atoms with Gasteiger partial charge in [0.1, 0.15) is 11.5 Å². The van der Waals surface area contributed by atoms with E-state index in [1.165, 1.54) is 0 Å². The molecule has 0 spiro atoms. The van der Waals surface area contributed by atoms with Gasteiger partial charge in [-0.25, -0.2) is 4.79 Å². The highest BCUT2D eigenvalue weighted by Crippen LogP contribution is 2.26. The van der Waals surface area contributed by atoms with Crippen molar-refractivity contribution in [3.63, 3.8) is 0 Å². The van der Waals surface area contributed by atoms with E-state index in [4.69, 9.17) is 9.47 Å². The van der Waals surface area contributed by atoms with Crippen LogP contribution in [0.2, 0.25) is 0 Å². The summed E-state index contributed by atoms with van der Waals surface area (Å²) in [5.74, 6) is 0.832. The SMILES string of the molecule is C=CC(=O)Oc1ccc(CCC)c(OCCC)c1. The molecule has 0 radical (unpaired) electrons. The predicted molar refractivity (Wildman–Crippen MR) is 72.1 cm³/mol. The first-order chi connectivity index (χ1) is 8.71. The molecule has 0 fully saturated rings. The van der Waals surface area contributed by atoms with Crippen LogP contribution in [0.25, 0.3) is 0 Å². The zero-order valence-corrected chi connectivity index (χ0v) is 11.1. The first-order valence-corrected chi connectivity index (χ1v) is 6.31. The van der Waals surface area contributed by atoms with Crippen LogP contribution >= 0.6 is 0 Å². The molecular weight excluding hydrogens is 228 g/mol. The average Bonchev–Trinajstić information content (AvgIpc) is 2.38. The Morgan fingerprint density at radius 2 is 2.11 bits per heavy atom. The van der Waals surface area contributed by atoms with Gasteiger partial charge in [-0.15, -0.1) is 0 Å². The number of rotatable bonds is 7. The van der Waals surface area contributed by atoms with Gasteiger partial charge in [0.05, 0.1) is 6.61 Å². The molecule has 1 rings (SSSR count). The quantitative estimate of drug-likeness (QED) is 0.421. The van der Waals surface area contributed by atoms with E-state index in [0.29, 0.717) is 12.4 Å². The van der Waals surface area contributed by atoms with Crippen molar-refractivity contribution in [2.45, 2.75) is 33.1 Å². The van der Waals surface area contributed by atoms with E-state index in [1.54, 1.807) is 12.1 Å². The van der Waals surface area contributed by atoms with Gasteiger partial charge in [0.25, 0.3) is 0 Å². The number of carbonyl (C=O) groups is 1. The van der Waals surface area contributed by atoms with E-state index in [0.717, 1.165) is 36.7 Å². The van der Waals surface area contributed by atoms with Gasteiger partial charge in [0, 0.05) is 12.1 Å². The van der Waals surface area contributed by atoms with Gasteiger partial charge in [0.15, 0.2) is 0 Å².